The van der Waals surface area contributed by atoms with Gasteiger partial charge in [0.05, 0.1) is 13.2 Å². The molecule has 0 saturated carbocycles. The summed E-state index contributed by atoms with van der Waals surface area (Å²) in [5.41, 5.74) is 6.26. The number of rotatable bonds is 3. The van der Waals surface area contributed by atoms with E-state index in [2.05, 4.69) is 20.3 Å². The summed E-state index contributed by atoms with van der Waals surface area (Å²) < 4.78 is 18.5. The van der Waals surface area contributed by atoms with Gasteiger partial charge in [0.1, 0.15) is 5.82 Å². The van der Waals surface area contributed by atoms with Gasteiger partial charge in [-0.3, -0.25) is 0 Å². The second kappa shape index (κ2) is 5.88. The van der Waals surface area contributed by atoms with Crippen molar-refractivity contribution in [3.8, 4) is 0 Å². The molecule has 1 aliphatic rings. The lowest BCUT2D eigenvalue weighted by Crippen LogP contribution is -2.37. The second-order valence-corrected chi connectivity index (χ2v) is 4.55. The van der Waals surface area contributed by atoms with E-state index in [1.54, 1.807) is 12.1 Å². The molecule has 1 aromatic carbocycles. The first-order chi connectivity index (χ1) is 10.2. The SMILES string of the molecule is Nc1nc(Nc2cccc(F)c2)nc(N2CCOCC2)n1. The van der Waals surface area contributed by atoms with E-state index in [1.165, 1.54) is 12.1 Å². The fourth-order valence-corrected chi connectivity index (χ4v) is 2.04. The van der Waals surface area contributed by atoms with E-state index in [-0.39, 0.29) is 17.7 Å². The molecule has 1 aromatic heterocycles. The molecular weight excluding hydrogens is 275 g/mol. The minimum Gasteiger partial charge on any atom is -0.378 e. The van der Waals surface area contributed by atoms with Gasteiger partial charge >= 0.3 is 0 Å². The second-order valence-electron chi connectivity index (χ2n) is 4.55. The van der Waals surface area contributed by atoms with Gasteiger partial charge in [-0.25, -0.2) is 4.39 Å². The topological polar surface area (TPSA) is 89.2 Å². The van der Waals surface area contributed by atoms with E-state index < -0.39 is 0 Å². The van der Waals surface area contributed by atoms with Crippen molar-refractivity contribution >= 4 is 23.5 Å². The standard InChI is InChI=1S/C13H15FN6O/c14-9-2-1-3-10(8-9)16-12-17-11(15)18-13(19-12)20-4-6-21-7-5-20/h1-3,8H,4-7H2,(H3,15,16,17,18,19). The number of morpholine rings is 1. The Hall–Kier alpha value is -2.48. The fraction of sp³-hybridized carbons (Fsp3) is 0.308. The highest BCUT2D eigenvalue weighted by Gasteiger charge is 2.15. The minimum absolute atomic E-state index is 0.116. The van der Waals surface area contributed by atoms with Crippen molar-refractivity contribution in [3.63, 3.8) is 0 Å². The highest BCUT2D eigenvalue weighted by Crippen LogP contribution is 2.18. The van der Waals surface area contributed by atoms with Crippen molar-refractivity contribution in [2.45, 2.75) is 0 Å². The monoisotopic (exact) mass is 290 g/mol. The molecule has 7 nitrogen and oxygen atoms in total. The van der Waals surface area contributed by atoms with Gasteiger partial charge in [0, 0.05) is 18.8 Å². The Morgan fingerprint density at radius 3 is 2.76 bits per heavy atom. The summed E-state index contributed by atoms with van der Waals surface area (Å²) in [5, 5.41) is 2.92. The number of ether oxygens (including phenoxy) is 1. The number of nitrogens with zero attached hydrogens (tertiary/aromatic N) is 4. The third-order valence-corrected chi connectivity index (χ3v) is 3.02. The molecule has 0 spiro atoms. The van der Waals surface area contributed by atoms with E-state index >= 15 is 0 Å². The number of hydrogen-bond acceptors (Lipinski definition) is 7. The smallest absolute Gasteiger partial charge is 0.233 e. The van der Waals surface area contributed by atoms with Crippen LogP contribution in [0.3, 0.4) is 0 Å². The molecular formula is C13H15FN6O. The molecule has 8 heteroatoms. The van der Waals surface area contributed by atoms with Crippen molar-refractivity contribution in [3.05, 3.63) is 30.1 Å². The first-order valence-corrected chi connectivity index (χ1v) is 6.57. The first kappa shape index (κ1) is 13.5. The van der Waals surface area contributed by atoms with E-state index in [1.807, 2.05) is 4.90 Å². The van der Waals surface area contributed by atoms with E-state index in [0.717, 1.165) is 0 Å². The average Bonchev–Trinajstić information content (AvgIpc) is 2.47. The Morgan fingerprint density at radius 1 is 1.19 bits per heavy atom. The summed E-state index contributed by atoms with van der Waals surface area (Å²) in [6.07, 6.45) is 0. The normalized spacial score (nSPS) is 15.0. The van der Waals surface area contributed by atoms with Crippen LogP contribution in [0.4, 0.5) is 27.9 Å². The van der Waals surface area contributed by atoms with Crippen LogP contribution in [0.2, 0.25) is 0 Å². The summed E-state index contributed by atoms with van der Waals surface area (Å²) in [7, 11) is 0. The quantitative estimate of drug-likeness (QED) is 0.877. The summed E-state index contributed by atoms with van der Waals surface area (Å²) in [6.45, 7) is 2.64. The predicted molar refractivity (Wildman–Crippen MR) is 77.0 cm³/mol. The lowest BCUT2D eigenvalue weighted by atomic mass is 10.3. The Morgan fingerprint density at radius 2 is 2.00 bits per heavy atom. The van der Waals surface area contributed by atoms with Gasteiger partial charge < -0.3 is 20.7 Å². The molecule has 2 heterocycles. The molecule has 1 saturated heterocycles. The van der Waals surface area contributed by atoms with Crippen molar-refractivity contribution in [2.75, 3.05) is 42.3 Å². The maximum absolute atomic E-state index is 13.2. The molecule has 110 valence electrons. The molecule has 0 bridgehead atoms. The first-order valence-electron chi connectivity index (χ1n) is 6.57. The third kappa shape index (κ3) is 3.34. The lowest BCUT2D eigenvalue weighted by Gasteiger charge is -2.26. The van der Waals surface area contributed by atoms with Crippen LogP contribution in [0.5, 0.6) is 0 Å². The van der Waals surface area contributed by atoms with Crippen LogP contribution < -0.4 is 16.0 Å². The molecule has 1 aliphatic heterocycles. The van der Waals surface area contributed by atoms with Crippen LogP contribution in [0.1, 0.15) is 0 Å². The summed E-state index contributed by atoms with van der Waals surface area (Å²) in [6, 6.07) is 6.04. The largest absolute Gasteiger partial charge is 0.378 e. The number of anilines is 4. The summed E-state index contributed by atoms with van der Waals surface area (Å²) in [5.74, 6) is 0.556. The van der Waals surface area contributed by atoms with Gasteiger partial charge in [0.25, 0.3) is 0 Å². The van der Waals surface area contributed by atoms with Crippen molar-refractivity contribution in [2.24, 2.45) is 0 Å². The van der Waals surface area contributed by atoms with Gasteiger partial charge in [0.2, 0.25) is 17.8 Å². The highest BCUT2D eigenvalue weighted by atomic mass is 19.1. The molecule has 3 N–H and O–H groups in total. The zero-order valence-electron chi connectivity index (χ0n) is 11.3. The van der Waals surface area contributed by atoms with Gasteiger partial charge in [-0.2, -0.15) is 15.0 Å². The number of nitrogen functional groups attached to an aromatic ring is 1. The van der Waals surface area contributed by atoms with Crippen molar-refractivity contribution < 1.29 is 9.13 Å². The van der Waals surface area contributed by atoms with Crippen LogP contribution >= 0.6 is 0 Å². The molecule has 3 rings (SSSR count). The van der Waals surface area contributed by atoms with Crippen LogP contribution in [-0.4, -0.2) is 41.3 Å². The molecule has 2 aromatic rings. The van der Waals surface area contributed by atoms with Gasteiger partial charge in [-0.1, -0.05) is 6.07 Å². The molecule has 0 aliphatic carbocycles. The molecule has 0 unspecified atom stereocenters. The van der Waals surface area contributed by atoms with E-state index in [9.17, 15) is 4.39 Å². The van der Waals surface area contributed by atoms with Gasteiger partial charge in [0.15, 0.2) is 0 Å². The van der Waals surface area contributed by atoms with Crippen molar-refractivity contribution in [1.29, 1.82) is 0 Å². The summed E-state index contributed by atoms with van der Waals surface area (Å²) in [4.78, 5) is 14.4. The van der Waals surface area contributed by atoms with Crippen LogP contribution in [0.25, 0.3) is 0 Å². The highest BCUT2D eigenvalue weighted by molar-refractivity contribution is 5.55. The number of nitrogens with two attached hydrogens (primary N) is 1. The Balaban J connectivity index is 1.83. The number of aromatic nitrogens is 3. The maximum Gasteiger partial charge on any atom is 0.233 e. The van der Waals surface area contributed by atoms with Crippen molar-refractivity contribution in [1.82, 2.24) is 15.0 Å². The molecule has 1 fully saturated rings. The maximum atomic E-state index is 13.2. The fourth-order valence-electron chi connectivity index (χ4n) is 2.04. The number of benzene rings is 1. The Bertz CT molecular complexity index is 632. The molecule has 0 amide bonds. The zero-order valence-corrected chi connectivity index (χ0v) is 11.3. The van der Waals surface area contributed by atoms with Gasteiger partial charge in [-0.05, 0) is 18.2 Å². The number of nitrogens with one attached hydrogen (secondary N) is 1. The van der Waals surface area contributed by atoms with E-state index in [0.29, 0.717) is 37.9 Å². The molecule has 21 heavy (non-hydrogen) atoms. The van der Waals surface area contributed by atoms with Gasteiger partial charge in [-0.15, -0.1) is 0 Å². The van der Waals surface area contributed by atoms with Crippen LogP contribution in [0, 0.1) is 5.82 Å². The molecule has 0 radical (unpaired) electrons. The average molecular weight is 290 g/mol. The zero-order chi connectivity index (χ0) is 14.7. The predicted octanol–water partition coefficient (Wildman–Crippen LogP) is 1.17. The van der Waals surface area contributed by atoms with Crippen LogP contribution in [0.15, 0.2) is 24.3 Å². The minimum atomic E-state index is -0.338. The summed E-state index contributed by atoms with van der Waals surface area (Å²) >= 11 is 0. The lowest BCUT2D eigenvalue weighted by molar-refractivity contribution is 0.122. The van der Waals surface area contributed by atoms with E-state index in [4.69, 9.17) is 10.5 Å². The Kier molecular flexibility index (Phi) is 3.78. The third-order valence-electron chi connectivity index (χ3n) is 3.02. The molecule has 0 atom stereocenters. The number of hydrogen-bond donors (Lipinski definition) is 2. The number of halogens is 1. The van der Waals surface area contributed by atoms with Crippen LogP contribution in [-0.2, 0) is 4.74 Å². The Labute approximate surface area is 121 Å².